The van der Waals surface area contributed by atoms with Gasteiger partial charge in [0.05, 0.1) is 18.9 Å². The van der Waals surface area contributed by atoms with Crippen LogP contribution in [0.3, 0.4) is 0 Å². The summed E-state index contributed by atoms with van der Waals surface area (Å²) in [5, 5.41) is 3.09. The standard InChI is InChI=1S/C15H25N3O3/c1-12(14-5-4-9-21-14)17(2)15(19)16-13-6-7-18(11-13)8-10-20-3/h4-5,9,12-13H,6-8,10-11H2,1-3H3,(H,16,19)/t12-,13-/m0/s1. The van der Waals surface area contributed by atoms with Gasteiger partial charge in [0.25, 0.3) is 0 Å². The van der Waals surface area contributed by atoms with Crippen LogP contribution in [0.1, 0.15) is 25.1 Å². The molecule has 118 valence electrons. The van der Waals surface area contributed by atoms with Gasteiger partial charge < -0.3 is 19.4 Å². The van der Waals surface area contributed by atoms with E-state index in [4.69, 9.17) is 9.15 Å². The zero-order chi connectivity index (χ0) is 15.2. The number of likely N-dealkylation sites (tertiary alicyclic amines) is 1. The molecule has 1 N–H and O–H groups in total. The quantitative estimate of drug-likeness (QED) is 0.868. The second kappa shape index (κ2) is 7.47. The molecule has 0 aliphatic carbocycles. The molecule has 0 radical (unpaired) electrons. The number of methoxy groups -OCH3 is 1. The summed E-state index contributed by atoms with van der Waals surface area (Å²) in [6.07, 6.45) is 2.61. The van der Waals surface area contributed by atoms with E-state index in [9.17, 15) is 4.79 Å². The topological polar surface area (TPSA) is 58.0 Å². The van der Waals surface area contributed by atoms with Crippen LogP contribution < -0.4 is 5.32 Å². The highest BCUT2D eigenvalue weighted by Gasteiger charge is 2.26. The minimum absolute atomic E-state index is 0.0579. The smallest absolute Gasteiger partial charge is 0.318 e. The molecule has 1 aliphatic heterocycles. The number of carbonyl (C=O) groups is 1. The van der Waals surface area contributed by atoms with E-state index in [1.807, 2.05) is 19.1 Å². The average Bonchev–Trinajstić information content (AvgIpc) is 3.15. The fourth-order valence-corrected chi connectivity index (χ4v) is 2.55. The maximum atomic E-state index is 12.3. The van der Waals surface area contributed by atoms with Crippen LogP contribution in [0, 0.1) is 0 Å². The predicted octanol–water partition coefficient (Wildman–Crippen LogP) is 1.70. The molecule has 1 aliphatic rings. The molecular weight excluding hydrogens is 270 g/mol. The van der Waals surface area contributed by atoms with E-state index < -0.39 is 0 Å². The van der Waals surface area contributed by atoms with Crippen molar-refractivity contribution in [3.63, 3.8) is 0 Å². The lowest BCUT2D eigenvalue weighted by atomic mass is 10.2. The van der Waals surface area contributed by atoms with Crippen molar-refractivity contribution in [1.82, 2.24) is 15.1 Å². The van der Waals surface area contributed by atoms with Crippen LogP contribution >= 0.6 is 0 Å². The summed E-state index contributed by atoms with van der Waals surface area (Å²) >= 11 is 0. The maximum absolute atomic E-state index is 12.3. The third-order valence-electron chi connectivity index (χ3n) is 4.07. The second-order valence-electron chi connectivity index (χ2n) is 5.53. The Morgan fingerprint density at radius 1 is 1.67 bits per heavy atom. The second-order valence-corrected chi connectivity index (χ2v) is 5.53. The Hall–Kier alpha value is -1.53. The number of nitrogens with one attached hydrogen (secondary N) is 1. The van der Waals surface area contributed by atoms with E-state index in [-0.39, 0.29) is 18.1 Å². The predicted molar refractivity (Wildman–Crippen MR) is 80.1 cm³/mol. The Labute approximate surface area is 126 Å². The van der Waals surface area contributed by atoms with Gasteiger partial charge in [-0.15, -0.1) is 0 Å². The molecule has 21 heavy (non-hydrogen) atoms. The molecule has 1 saturated heterocycles. The molecule has 0 aromatic carbocycles. The van der Waals surface area contributed by atoms with Gasteiger partial charge in [-0.2, -0.15) is 0 Å². The van der Waals surface area contributed by atoms with Gasteiger partial charge in [0, 0.05) is 39.8 Å². The molecule has 2 heterocycles. The molecule has 6 nitrogen and oxygen atoms in total. The summed E-state index contributed by atoms with van der Waals surface area (Å²) in [7, 11) is 3.50. The van der Waals surface area contributed by atoms with Gasteiger partial charge in [0.15, 0.2) is 0 Å². The highest BCUT2D eigenvalue weighted by Crippen LogP contribution is 2.19. The maximum Gasteiger partial charge on any atom is 0.318 e. The molecule has 0 saturated carbocycles. The number of amides is 2. The fourth-order valence-electron chi connectivity index (χ4n) is 2.55. The minimum Gasteiger partial charge on any atom is -0.467 e. The first-order valence-electron chi connectivity index (χ1n) is 7.40. The lowest BCUT2D eigenvalue weighted by Gasteiger charge is -2.25. The van der Waals surface area contributed by atoms with Crippen molar-refractivity contribution >= 4 is 6.03 Å². The Kier molecular flexibility index (Phi) is 5.64. The van der Waals surface area contributed by atoms with Crippen molar-refractivity contribution in [2.75, 3.05) is 40.4 Å². The van der Waals surface area contributed by atoms with Crippen molar-refractivity contribution in [2.45, 2.75) is 25.4 Å². The van der Waals surface area contributed by atoms with E-state index in [1.54, 1.807) is 25.3 Å². The highest BCUT2D eigenvalue weighted by molar-refractivity contribution is 5.74. The van der Waals surface area contributed by atoms with Crippen LogP contribution in [0.15, 0.2) is 22.8 Å². The van der Waals surface area contributed by atoms with Crippen molar-refractivity contribution in [2.24, 2.45) is 0 Å². The van der Waals surface area contributed by atoms with Gasteiger partial charge in [0.2, 0.25) is 0 Å². The summed E-state index contributed by atoms with van der Waals surface area (Å²) < 4.78 is 10.4. The number of ether oxygens (including phenoxy) is 1. The number of nitrogens with zero attached hydrogens (tertiary/aromatic N) is 2. The Morgan fingerprint density at radius 2 is 2.48 bits per heavy atom. The SMILES string of the molecule is COCCN1CC[C@H](NC(=O)N(C)[C@@H](C)c2ccco2)C1. The molecule has 1 aromatic heterocycles. The summed E-state index contributed by atoms with van der Waals surface area (Å²) in [6.45, 7) is 5.50. The molecule has 6 heteroatoms. The number of hydrogen-bond acceptors (Lipinski definition) is 4. The first-order chi connectivity index (χ1) is 10.1. The molecular formula is C15H25N3O3. The summed E-state index contributed by atoms with van der Waals surface area (Å²) in [4.78, 5) is 16.3. The van der Waals surface area contributed by atoms with Crippen LogP contribution in [0.4, 0.5) is 4.79 Å². The molecule has 2 atom stereocenters. The van der Waals surface area contributed by atoms with E-state index in [0.717, 1.165) is 38.4 Å². The lowest BCUT2D eigenvalue weighted by Crippen LogP contribution is -2.45. The number of rotatable bonds is 6. The number of hydrogen-bond donors (Lipinski definition) is 1. The number of carbonyl (C=O) groups excluding carboxylic acids is 1. The Bertz CT molecular complexity index is 435. The Morgan fingerprint density at radius 3 is 3.14 bits per heavy atom. The number of urea groups is 1. The van der Waals surface area contributed by atoms with Crippen molar-refractivity contribution < 1.29 is 13.9 Å². The zero-order valence-electron chi connectivity index (χ0n) is 13.0. The molecule has 0 unspecified atom stereocenters. The molecule has 0 bridgehead atoms. The average molecular weight is 295 g/mol. The van der Waals surface area contributed by atoms with Crippen LogP contribution in [-0.2, 0) is 4.74 Å². The third-order valence-corrected chi connectivity index (χ3v) is 4.07. The zero-order valence-corrected chi connectivity index (χ0v) is 13.0. The highest BCUT2D eigenvalue weighted by atomic mass is 16.5. The van der Waals surface area contributed by atoms with Gasteiger partial charge in [0.1, 0.15) is 5.76 Å². The Balaban J connectivity index is 1.79. The van der Waals surface area contributed by atoms with Crippen LogP contribution in [0.5, 0.6) is 0 Å². The van der Waals surface area contributed by atoms with Gasteiger partial charge in [-0.3, -0.25) is 4.90 Å². The van der Waals surface area contributed by atoms with Crippen molar-refractivity contribution in [1.29, 1.82) is 0 Å². The first kappa shape index (κ1) is 15.9. The van der Waals surface area contributed by atoms with Crippen molar-refractivity contribution in [3.05, 3.63) is 24.2 Å². The van der Waals surface area contributed by atoms with Gasteiger partial charge in [-0.05, 0) is 25.5 Å². The molecule has 1 fully saturated rings. The lowest BCUT2D eigenvalue weighted by molar-refractivity contribution is 0.158. The summed E-state index contributed by atoms with van der Waals surface area (Å²) in [6, 6.07) is 3.79. The monoisotopic (exact) mass is 295 g/mol. The van der Waals surface area contributed by atoms with Crippen LogP contribution in [0.25, 0.3) is 0 Å². The van der Waals surface area contributed by atoms with E-state index in [2.05, 4.69) is 10.2 Å². The molecule has 2 amide bonds. The normalized spacial score (nSPS) is 20.4. The molecule has 0 spiro atoms. The number of furan rings is 1. The van der Waals surface area contributed by atoms with Crippen LogP contribution in [0.2, 0.25) is 0 Å². The van der Waals surface area contributed by atoms with Crippen LogP contribution in [-0.4, -0.2) is 62.3 Å². The minimum atomic E-state index is -0.0778. The molecule has 2 rings (SSSR count). The first-order valence-corrected chi connectivity index (χ1v) is 7.40. The van der Waals surface area contributed by atoms with Gasteiger partial charge >= 0.3 is 6.03 Å². The molecule has 1 aromatic rings. The van der Waals surface area contributed by atoms with E-state index in [0.29, 0.717) is 0 Å². The van der Waals surface area contributed by atoms with E-state index in [1.165, 1.54) is 0 Å². The summed E-state index contributed by atoms with van der Waals surface area (Å²) in [5.41, 5.74) is 0. The van der Waals surface area contributed by atoms with E-state index >= 15 is 0 Å². The van der Waals surface area contributed by atoms with Gasteiger partial charge in [-0.25, -0.2) is 4.79 Å². The third kappa shape index (κ3) is 4.22. The van der Waals surface area contributed by atoms with Gasteiger partial charge in [-0.1, -0.05) is 0 Å². The van der Waals surface area contributed by atoms with Crippen molar-refractivity contribution in [3.8, 4) is 0 Å². The summed E-state index contributed by atoms with van der Waals surface area (Å²) in [5.74, 6) is 0.792. The largest absolute Gasteiger partial charge is 0.467 e. The fraction of sp³-hybridized carbons (Fsp3) is 0.667.